The van der Waals surface area contributed by atoms with E-state index in [4.69, 9.17) is 11.6 Å². The summed E-state index contributed by atoms with van der Waals surface area (Å²) in [6.07, 6.45) is 0. The van der Waals surface area contributed by atoms with Crippen LogP contribution in [-0.4, -0.2) is 5.91 Å². The molecule has 0 unspecified atom stereocenters. The Hall–Kier alpha value is -1.48. The van der Waals surface area contributed by atoms with Crippen LogP contribution >= 0.6 is 11.6 Å². The van der Waals surface area contributed by atoms with Gasteiger partial charge in [0.05, 0.1) is 11.3 Å². The first-order valence-corrected chi connectivity index (χ1v) is 4.49. The molecule has 0 aromatic heterocycles. The first-order valence-electron chi connectivity index (χ1n) is 4.11. The van der Waals surface area contributed by atoms with E-state index in [0.29, 0.717) is 16.3 Å². The molecule has 1 heterocycles. The first kappa shape index (κ1) is 9.09. The lowest BCUT2D eigenvalue weighted by Crippen LogP contribution is -1.94. The molecule has 0 aliphatic carbocycles. The number of hydrogen-bond donors (Lipinski definition) is 0. The molecule has 1 aromatic carbocycles. The van der Waals surface area contributed by atoms with Crippen molar-refractivity contribution in [2.45, 2.75) is 6.92 Å². The maximum absolute atomic E-state index is 11.3. The molecule has 3 nitrogen and oxygen atoms in total. The number of rotatable bonds is 1. The molecular formula is C10H7ClN2O. The summed E-state index contributed by atoms with van der Waals surface area (Å²) in [5, 5.41) is 7.79. The van der Waals surface area contributed by atoms with Crippen LogP contribution in [0.1, 0.15) is 12.5 Å². The van der Waals surface area contributed by atoms with Gasteiger partial charge in [-0.2, -0.15) is 5.11 Å². The molecule has 1 aliphatic rings. The van der Waals surface area contributed by atoms with Crippen molar-refractivity contribution < 1.29 is 4.79 Å². The lowest BCUT2D eigenvalue weighted by atomic mass is 10.0. The Labute approximate surface area is 86.1 Å². The summed E-state index contributed by atoms with van der Waals surface area (Å²) in [7, 11) is 0. The van der Waals surface area contributed by atoms with Crippen molar-refractivity contribution in [3.05, 3.63) is 40.5 Å². The van der Waals surface area contributed by atoms with Gasteiger partial charge in [-0.05, 0) is 24.6 Å². The third-order valence-corrected chi connectivity index (χ3v) is 2.21. The van der Waals surface area contributed by atoms with E-state index in [9.17, 15) is 4.79 Å². The van der Waals surface area contributed by atoms with Gasteiger partial charge in [0.25, 0.3) is 5.91 Å². The van der Waals surface area contributed by atoms with Crippen molar-refractivity contribution in [2.75, 3.05) is 0 Å². The molecule has 4 heteroatoms. The second kappa shape index (κ2) is 3.35. The van der Waals surface area contributed by atoms with Gasteiger partial charge in [-0.15, -0.1) is 5.11 Å². The van der Waals surface area contributed by atoms with Crippen LogP contribution in [0, 0.1) is 0 Å². The molecular weight excluding hydrogens is 200 g/mol. The Morgan fingerprint density at radius 3 is 2.64 bits per heavy atom. The number of azo groups is 1. The minimum absolute atomic E-state index is 0.301. The van der Waals surface area contributed by atoms with Gasteiger partial charge in [-0.25, -0.2) is 0 Å². The third-order valence-electron chi connectivity index (χ3n) is 1.98. The standard InChI is InChI=1S/C10H7ClN2O/c1-6-9(10(14)13-12-6)7-3-2-4-8(11)5-7/h2-5H,1H3. The number of carbonyl (C=O) groups excluding carboxylic acids is 1. The number of allylic oxidation sites excluding steroid dienone is 1. The first-order chi connectivity index (χ1) is 6.68. The summed E-state index contributed by atoms with van der Waals surface area (Å²) >= 11 is 5.82. The molecule has 0 atom stereocenters. The maximum Gasteiger partial charge on any atom is 0.297 e. The number of nitrogens with zero attached hydrogens (tertiary/aromatic N) is 2. The Morgan fingerprint density at radius 2 is 2.07 bits per heavy atom. The molecule has 0 radical (unpaired) electrons. The summed E-state index contributed by atoms with van der Waals surface area (Å²) in [4.78, 5) is 11.3. The number of amides is 1. The molecule has 1 amide bonds. The van der Waals surface area contributed by atoms with Crippen molar-refractivity contribution >= 4 is 23.1 Å². The van der Waals surface area contributed by atoms with Gasteiger partial charge < -0.3 is 0 Å². The lowest BCUT2D eigenvalue weighted by molar-refractivity contribution is -0.112. The smallest absolute Gasteiger partial charge is 0.265 e. The maximum atomic E-state index is 11.3. The number of benzene rings is 1. The molecule has 14 heavy (non-hydrogen) atoms. The van der Waals surface area contributed by atoms with Crippen LogP contribution in [0.25, 0.3) is 5.57 Å². The number of halogens is 1. The van der Waals surface area contributed by atoms with Crippen LogP contribution in [0.15, 0.2) is 40.2 Å². The van der Waals surface area contributed by atoms with Crippen molar-refractivity contribution in [2.24, 2.45) is 10.2 Å². The Morgan fingerprint density at radius 1 is 1.29 bits per heavy atom. The number of hydrogen-bond acceptors (Lipinski definition) is 2. The predicted octanol–water partition coefficient (Wildman–Crippen LogP) is 3.06. The SMILES string of the molecule is CC1=C(c2cccc(Cl)c2)C(=O)N=N1. The highest BCUT2D eigenvalue weighted by molar-refractivity contribution is 6.31. The summed E-state index contributed by atoms with van der Waals surface area (Å²) in [5.74, 6) is -0.301. The average Bonchev–Trinajstić information content (AvgIpc) is 2.46. The average molecular weight is 207 g/mol. The van der Waals surface area contributed by atoms with Crippen molar-refractivity contribution in [3.63, 3.8) is 0 Å². The quantitative estimate of drug-likeness (QED) is 0.696. The van der Waals surface area contributed by atoms with Gasteiger partial charge in [0, 0.05) is 5.02 Å². The van der Waals surface area contributed by atoms with E-state index < -0.39 is 0 Å². The minimum Gasteiger partial charge on any atom is -0.265 e. The van der Waals surface area contributed by atoms with E-state index in [1.807, 2.05) is 6.07 Å². The zero-order chi connectivity index (χ0) is 10.1. The van der Waals surface area contributed by atoms with Gasteiger partial charge >= 0.3 is 0 Å². The Balaban J connectivity index is 2.52. The van der Waals surface area contributed by atoms with Crippen LogP contribution < -0.4 is 0 Å². The largest absolute Gasteiger partial charge is 0.297 e. The second-order valence-corrected chi connectivity index (χ2v) is 3.41. The fourth-order valence-electron chi connectivity index (χ4n) is 1.35. The molecule has 2 rings (SSSR count). The molecule has 0 saturated heterocycles. The lowest BCUT2D eigenvalue weighted by Gasteiger charge is -2.00. The van der Waals surface area contributed by atoms with E-state index >= 15 is 0 Å². The molecule has 0 fully saturated rings. The van der Waals surface area contributed by atoms with E-state index in [0.717, 1.165) is 5.56 Å². The monoisotopic (exact) mass is 206 g/mol. The van der Waals surface area contributed by atoms with Gasteiger partial charge in [0.15, 0.2) is 0 Å². The van der Waals surface area contributed by atoms with Crippen LogP contribution in [0.4, 0.5) is 0 Å². The van der Waals surface area contributed by atoms with Crippen molar-refractivity contribution in [1.82, 2.24) is 0 Å². The summed E-state index contributed by atoms with van der Waals surface area (Å²) in [6, 6.07) is 7.10. The summed E-state index contributed by atoms with van der Waals surface area (Å²) < 4.78 is 0. The zero-order valence-electron chi connectivity index (χ0n) is 7.49. The molecule has 1 aromatic rings. The molecule has 0 bridgehead atoms. The van der Waals surface area contributed by atoms with E-state index in [1.165, 1.54) is 0 Å². The Bertz CT molecular complexity index is 463. The van der Waals surface area contributed by atoms with Gasteiger partial charge in [-0.1, -0.05) is 23.7 Å². The molecule has 0 saturated carbocycles. The van der Waals surface area contributed by atoms with Crippen LogP contribution in [0.2, 0.25) is 5.02 Å². The van der Waals surface area contributed by atoms with Crippen molar-refractivity contribution in [3.8, 4) is 0 Å². The third kappa shape index (κ3) is 1.46. The number of carbonyl (C=O) groups is 1. The van der Waals surface area contributed by atoms with Crippen LogP contribution in [-0.2, 0) is 4.79 Å². The molecule has 1 aliphatic heterocycles. The van der Waals surface area contributed by atoms with Crippen molar-refractivity contribution in [1.29, 1.82) is 0 Å². The van der Waals surface area contributed by atoms with E-state index in [1.54, 1.807) is 25.1 Å². The second-order valence-electron chi connectivity index (χ2n) is 2.98. The summed E-state index contributed by atoms with van der Waals surface area (Å²) in [5.41, 5.74) is 1.94. The highest BCUT2D eigenvalue weighted by Crippen LogP contribution is 2.27. The normalized spacial score (nSPS) is 15.4. The van der Waals surface area contributed by atoms with Gasteiger partial charge in [0.2, 0.25) is 0 Å². The minimum atomic E-state index is -0.301. The zero-order valence-corrected chi connectivity index (χ0v) is 8.25. The van der Waals surface area contributed by atoms with Gasteiger partial charge in [0.1, 0.15) is 0 Å². The molecule has 70 valence electrons. The van der Waals surface area contributed by atoms with Crippen LogP contribution in [0.5, 0.6) is 0 Å². The predicted molar refractivity (Wildman–Crippen MR) is 53.9 cm³/mol. The molecule has 0 N–H and O–H groups in total. The summed E-state index contributed by atoms with van der Waals surface area (Å²) in [6.45, 7) is 1.75. The van der Waals surface area contributed by atoms with Crippen LogP contribution in [0.3, 0.4) is 0 Å². The van der Waals surface area contributed by atoms with E-state index in [-0.39, 0.29) is 5.91 Å². The fourth-order valence-corrected chi connectivity index (χ4v) is 1.54. The Kier molecular flexibility index (Phi) is 2.17. The van der Waals surface area contributed by atoms with Gasteiger partial charge in [-0.3, -0.25) is 4.79 Å². The highest BCUT2D eigenvalue weighted by Gasteiger charge is 2.19. The highest BCUT2D eigenvalue weighted by atomic mass is 35.5. The fraction of sp³-hybridized carbons (Fsp3) is 0.100. The molecule has 0 spiro atoms. The topological polar surface area (TPSA) is 41.8 Å². The van der Waals surface area contributed by atoms with E-state index in [2.05, 4.69) is 10.2 Å².